The summed E-state index contributed by atoms with van der Waals surface area (Å²) in [5.41, 5.74) is 0. The minimum absolute atomic E-state index is 0.214. The molecule has 0 aliphatic carbocycles. The van der Waals surface area contributed by atoms with Crippen LogP contribution in [0.1, 0.15) is 27.7 Å². The molecule has 0 heterocycles. The highest BCUT2D eigenvalue weighted by molar-refractivity contribution is 6.29. The van der Waals surface area contributed by atoms with E-state index < -0.39 is 11.9 Å². The summed E-state index contributed by atoms with van der Waals surface area (Å²) in [6.45, 7) is 13.4. The zero-order valence-electron chi connectivity index (χ0n) is 13.2. The number of carbonyl (C=O) groups is 2. The predicted molar refractivity (Wildman–Crippen MR) is 77.5 cm³/mol. The third kappa shape index (κ3) is 8.12. The number of carbonyl (C=O) groups excluding carboxylic acids is 2. The first-order valence-corrected chi connectivity index (χ1v) is 7.37. The summed E-state index contributed by atoms with van der Waals surface area (Å²) in [5.74, 6) is -1.81. The molecule has 0 aromatic rings. The lowest BCUT2D eigenvalue weighted by atomic mass is 10.5. The van der Waals surface area contributed by atoms with Crippen LogP contribution in [0.4, 0.5) is 0 Å². The Labute approximate surface area is 122 Å². The first-order chi connectivity index (χ1) is 9.58. The Morgan fingerprint density at radius 2 is 1.00 bits per heavy atom. The van der Waals surface area contributed by atoms with Gasteiger partial charge in [0.15, 0.2) is 0 Å². The van der Waals surface area contributed by atoms with Crippen molar-refractivity contribution in [2.24, 2.45) is 0 Å². The van der Waals surface area contributed by atoms with E-state index in [1.165, 1.54) is 0 Å². The van der Waals surface area contributed by atoms with Crippen molar-refractivity contribution in [1.82, 2.24) is 9.80 Å². The second-order valence-electron chi connectivity index (χ2n) is 4.33. The molecule has 6 heteroatoms. The Bertz CT molecular complexity index is 248. The van der Waals surface area contributed by atoms with Gasteiger partial charge in [-0.1, -0.05) is 27.7 Å². The lowest BCUT2D eigenvalue weighted by Gasteiger charge is -2.18. The first-order valence-electron chi connectivity index (χ1n) is 7.37. The second-order valence-corrected chi connectivity index (χ2v) is 4.33. The van der Waals surface area contributed by atoms with Crippen molar-refractivity contribution >= 4 is 11.9 Å². The number of hydrogen-bond donors (Lipinski definition) is 0. The molecular formula is C14H28N2O4. The van der Waals surface area contributed by atoms with Gasteiger partial charge >= 0.3 is 11.9 Å². The highest BCUT2D eigenvalue weighted by Gasteiger charge is 2.17. The van der Waals surface area contributed by atoms with Crippen molar-refractivity contribution in [2.75, 3.05) is 52.5 Å². The lowest BCUT2D eigenvalue weighted by molar-refractivity contribution is -0.168. The van der Waals surface area contributed by atoms with Crippen molar-refractivity contribution < 1.29 is 19.1 Å². The molecule has 0 aliphatic rings. The molecule has 0 spiro atoms. The fourth-order valence-corrected chi connectivity index (χ4v) is 1.73. The smallest absolute Gasteiger partial charge is 0.417 e. The number of hydrogen-bond acceptors (Lipinski definition) is 6. The van der Waals surface area contributed by atoms with Gasteiger partial charge in [0.1, 0.15) is 13.2 Å². The van der Waals surface area contributed by atoms with Crippen LogP contribution in [0.15, 0.2) is 0 Å². The van der Waals surface area contributed by atoms with Gasteiger partial charge in [0, 0.05) is 13.1 Å². The maximum atomic E-state index is 11.4. The highest BCUT2D eigenvalue weighted by Crippen LogP contribution is 1.91. The molecule has 0 aliphatic heterocycles. The lowest BCUT2D eigenvalue weighted by Crippen LogP contribution is -2.31. The van der Waals surface area contributed by atoms with Crippen molar-refractivity contribution in [1.29, 1.82) is 0 Å². The quantitative estimate of drug-likeness (QED) is 0.437. The maximum absolute atomic E-state index is 11.4. The van der Waals surface area contributed by atoms with E-state index >= 15 is 0 Å². The van der Waals surface area contributed by atoms with Crippen LogP contribution < -0.4 is 0 Å². The summed E-state index contributed by atoms with van der Waals surface area (Å²) in [5, 5.41) is 0. The third-order valence-electron chi connectivity index (χ3n) is 3.24. The Kier molecular flexibility index (Phi) is 11.0. The second kappa shape index (κ2) is 11.7. The minimum Gasteiger partial charge on any atom is -0.456 e. The molecule has 0 fully saturated rings. The summed E-state index contributed by atoms with van der Waals surface area (Å²) in [4.78, 5) is 27.0. The summed E-state index contributed by atoms with van der Waals surface area (Å²) < 4.78 is 9.76. The van der Waals surface area contributed by atoms with Crippen molar-refractivity contribution in [3.8, 4) is 0 Å². The molecule has 0 unspecified atom stereocenters. The Hall–Kier alpha value is -1.14. The van der Waals surface area contributed by atoms with Crippen LogP contribution in [-0.2, 0) is 19.1 Å². The number of esters is 2. The zero-order chi connectivity index (χ0) is 15.4. The molecule has 6 nitrogen and oxygen atoms in total. The number of ether oxygens (including phenoxy) is 2. The zero-order valence-corrected chi connectivity index (χ0v) is 13.2. The largest absolute Gasteiger partial charge is 0.456 e. The fourth-order valence-electron chi connectivity index (χ4n) is 1.73. The molecule has 0 saturated carbocycles. The van der Waals surface area contributed by atoms with Gasteiger partial charge in [-0.15, -0.1) is 0 Å². The van der Waals surface area contributed by atoms with Crippen LogP contribution in [0.3, 0.4) is 0 Å². The fraction of sp³-hybridized carbons (Fsp3) is 0.857. The van der Waals surface area contributed by atoms with Crippen LogP contribution in [-0.4, -0.2) is 74.2 Å². The monoisotopic (exact) mass is 288 g/mol. The van der Waals surface area contributed by atoms with E-state index in [1.807, 2.05) is 27.7 Å². The van der Waals surface area contributed by atoms with Gasteiger partial charge in [0.05, 0.1) is 0 Å². The predicted octanol–water partition coefficient (Wildman–Crippen LogP) is 0.756. The van der Waals surface area contributed by atoms with Gasteiger partial charge < -0.3 is 19.3 Å². The molecular weight excluding hydrogens is 260 g/mol. The van der Waals surface area contributed by atoms with E-state index in [4.69, 9.17) is 9.47 Å². The number of nitrogens with zero attached hydrogens (tertiary/aromatic N) is 2. The molecule has 0 aromatic heterocycles. The van der Waals surface area contributed by atoms with Gasteiger partial charge in [-0.25, -0.2) is 9.59 Å². The first kappa shape index (κ1) is 18.9. The Morgan fingerprint density at radius 3 is 1.25 bits per heavy atom. The average molecular weight is 288 g/mol. The van der Waals surface area contributed by atoms with E-state index in [1.54, 1.807) is 0 Å². The molecule has 0 atom stereocenters. The normalized spacial score (nSPS) is 10.9. The molecule has 20 heavy (non-hydrogen) atoms. The molecule has 118 valence electrons. The molecule has 0 amide bonds. The standard InChI is InChI=1S/C14H28N2O4/c1-5-15(6-2)9-11-19-13(17)14(18)20-12-10-16(7-3)8-4/h5-12H2,1-4H3. The van der Waals surface area contributed by atoms with Crippen LogP contribution in [0.5, 0.6) is 0 Å². The van der Waals surface area contributed by atoms with E-state index in [-0.39, 0.29) is 13.2 Å². The SMILES string of the molecule is CCN(CC)CCOC(=O)C(=O)OCCN(CC)CC. The van der Waals surface area contributed by atoms with E-state index in [2.05, 4.69) is 9.80 Å². The number of likely N-dealkylation sites (N-methyl/N-ethyl adjacent to an activating group) is 2. The molecule has 0 radical (unpaired) electrons. The van der Waals surface area contributed by atoms with Crippen molar-refractivity contribution in [3.63, 3.8) is 0 Å². The summed E-state index contributed by atoms with van der Waals surface area (Å²) >= 11 is 0. The van der Waals surface area contributed by atoms with Gasteiger partial charge in [-0.05, 0) is 26.2 Å². The van der Waals surface area contributed by atoms with E-state index in [0.717, 1.165) is 26.2 Å². The summed E-state index contributed by atoms with van der Waals surface area (Å²) in [7, 11) is 0. The highest BCUT2D eigenvalue weighted by atomic mass is 16.6. The minimum atomic E-state index is -0.906. The molecule has 0 bridgehead atoms. The number of rotatable bonds is 10. The van der Waals surface area contributed by atoms with E-state index in [9.17, 15) is 9.59 Å². The van der Waals surface area contributed by atoms with Crippen molar-refractivity contribution in [3.05, 3.63) is 0 Å². The van der Waals surface area contributed by atoms with Gasteiger partial charge in [-0.2, -0.15) is 0 Å². The Morgan fingerprint density at radius 1 is 0.700 bits per heavy atom. The van der Waals surface area contributed by atoms with Gasteiger partial charge in [0.25, 0.3) is 0 Å². The van der Waals surface area contributed by atoms with E-state index in [0.29, 0.717) is 13.1 Å². The van der Waals surface area contributed by atoms with Gasteiger partial charge in [-0.3, -0.25) is 0 Å². The third-order valence-corrected chi connectivity index (χ3v) is 3.24. The van der Waals surface area contributed by atoms with Crippen LogP contribution in [0.25, 0.3) is 0 Å². The van der Waals surface area contributed by atoms with Crippen molar-refractivity contribution in [2.45, 2.75) is 27.7 Å². The summed E-state index contributed by atoms with van der Waals surface area (Å²) in [6.07, 6.45) is 0. The van der Waals surface area contributed by atoms with Crippen LogP contribution in [0, 0.1) is 0 Å². The maximum Gasteiger partial charge on any atom is 0.417 e. The Balaban J connectivity index is 3.79. The molecule has 0 aromatic carbocycles. The topological polar surface area (TPSA) is 59.1 Å². The van der Waals surface area contributed by atoms with Crippen LogP contribution >= 0.6 is 0 Å². The van der Waals surface area contributed by atoms with Crippen LogP contribution in [0.2, 0.25) is 0 Å². The van der Waals surface area contributed by atoms with Gasteiger partial charge in [0.2, 0.25) is 0 Å². The molecule has 0 saturated heterocycles. The average Bonchev–Trinajstić information content (AvgIpc) is 2.47. The molecule has 0 rings (SSSR count). The molecule has 0 N–H and O–H groups in total. The summed E-state index contributed by atoms with van der Waals surface area (Å²) in [6, 6.07) is 0.